The Bertz CT molecular complexity index is 443. The third kappa shape index (κ3) is 6.05. The molecule has 2 nitrogen and oxygen atoms in total. The fourth-order valence-corrected chi connectivity index (χ4v) is 1.56. The molecule has 1 aromatic rings. The summed E-state index contributed by atoms with van der Waals surface area (Å²) in [4.78, 5) is 10.3. The zero-order chi connectivity index (χ0) is 13.2. The lowest BCUT2D eigenvalue weighted by Crippen LogP contribution is -1.93. The van der Waals surface area contributed by atoms with Crippen LogP contribution in [0.3, 0.4) is 0 Å². The van der Waals surface area contributed by atoms with Gasteiger partial charge in [-0.15, -0.1) is 0 Å². The molecule has 0 unspecified atom stereocenters. The topological polar surface area (TPSA) is 37.3 Å². The third-order valence-corrected chi connectivity index (χ3v) is 2.54. The maximum absolute atomic E-state index is 13.2. The van der Waals surface area contributed by atoms with Gasteiger partial charge in [-0.3, -0.25) is 4.79 Å². The molecule has 0 aliphatic rings. The SMILES string of the molecule is O=C(O)CCCCCCC#Cc1ccccc1F. The molecule has 0 saturated carbocycles. The number of carbonyl (C=O) groups is 1. The van der Waals surface area contributed by atoms with Gasteiger partial charge in [0.15, 0.2) is 0 Å². The minimum Gasteiger partial charge on any atom is -0.481 e. The first-order valence-electron chi connectivity index (χ1n) is 6.15. The highest BCUT2D eigenvalue weighted by molar-refractivity contribution is 5.66. The Morgan fingerprint density at radius 3 is 2.61 bits per heavy atom. The molecule has 0 bridgehead atoms. The molecule has 18 heavy (non-hydrogen) atoms. The van der Waals surface area contributed by atoms with Gasteiger partial charge in [0.2, 0.25) is 0 Å². The van der Waals surface area contributed by atoms with E-state index in [9.17, 15) is 9.18 Å². The van der Waals surface area contributed by atoms with Gasteiger partial charge in [-0.05, 0) is 25.0 Å². The summed E-state index contributed by atoms with van der Waals surface area (Å²) in [7, 11) is 0. The predicted octanol–water partition coefficient (Wildman–Crippen LogP) is 3.60. The lowest BCUT2D eigenvalue weighted by molar-refractivity contribution is -0.137. The third-order valence-electron chi connectivity index (χ3n) is 2.54. The van der Waals surface area contributed by atoms with Gasteiger partial charge in [-0.1, -0.05) is 36.8 Å². The van der Waals surface area contributed by atoms with E-state index in [1.165, 1.54) is 6.07 Å². The van der Waals surface area contributed by atoms with Gasteiger partial charge in [0.05, 0.1) is 5.56 Å². The second-order valence-corrected chi connectivity index (χ2v) is 4.09. The van der Waals surface area contributed by atoms with Crippen molar-refractivity contribution in [1.29, 1.82) is 0 Å². The number of hydrogen-bond acceptors (Lipinski definition) is 1. The van der Waals surface area contributed by atoms with Gasteiger partial charge in [0, 0.05) is 12.8 Å². The molecule has 0 spiro atoms. The lowest BCUT2D eigenvalue weighted by Gasteiger charge is -1.96. The second kappa shape index (κ2) is 8.30. The number of hydrogen-bond donors (Lipinski definition) is 1. The number of carboxylic acid groups (broad SMARTS) is 1. The minimum atomic E-state index is -0.741. The summed E-state index contributed by atoms with van der Waals surface area (Å²) >= 11 is 0. The molecule has 0 amide bonds. The van der Waals surface area contributed by atoms with E-state index in [1.54, 1.807) is 18.2 Å². The zero-order valence-corrected chi connectivity index (χ0v) is 10.3. The number of aliphatic carboxylic acids is 1. The number of rotatable bonds is 6. The standard InChI is InChI=1S/C15H17FO2/c16-14-11-8-7-10-13(14)9-5-3-1-2-4-6-12-15(17)18/h7-8,10-11H,1-4,6,12H2,(H,17,18). The summed E-state index contributed by atoms with van der Waals surface area (Å²) in [5.74, 6) is 4.71. The van der Waals surface area contributed by atoms with Gasteiger partial charge in [0.25, 0.3) is 0 Å². The van der Waals surface area contributed by atoms with Crippen LogP contribution in [0, 0.1) is 17.7 Å². The van der Waals surface area contributed by atoms with Crippen molar-refractivity contribution in [3.8, 4) is 11.8 Å². The van der Waals surface area contributed by atoms with Crippen molar-refractivity contribution < 1.29 is 14.3 Å². The number of halogens is 1. The van der Waals surface area contributed by atoms with Crippen LogP contribution in [-0.4, -0.2) is 11.1 Å². The number of unbranched alkanes of at least 4 members (excludes halogenated alkanes) is 4. The Kier molecular flexibility index (Phi) is 6.56. The molecule has 96 valence electrons. The van der Waals surface area contributed by atoms with Gasteiger partial charge < -0.3 is 5.11 Å². The van der Waals surface area contributed by atoms with E-state index in [0.717, 1.165) is 32.1 Å². The van der Waals surface area contributed by atoms with Crippen molar-refractivity contribution in [2.24, 2.45) is 0 Å². The molecule has 0 saturated heterocycles. The van der Waals surface area contributed by atoms with Crippen LogP contribution in [0.5, 0.6) is 0 Å². The number of carboxylic acids is 1. The monoisotopic (exact) mass is 248 g/mol. The quantitative estimate of drug-likeness (QED) is 0.617. The summed E-state index contributed by atoms with van der Waals surface area (Å²) in [5, 5.41) is 8.45. The number of benzene rings is 1. The van der Waals surface area contributed by atoms with Crippen molar-refractivity contribution in [2.45, 2.75) is 38.5 Å². The Morgan fingerprint density at radius 1 is 1.17 bits per heavy atom. The van der Waals surface area contributed by atoms with Crippen molar-refractivity contribution in [1.82, 2.24) is 0 Å². The molecule has 0 heterocycles. The van der Waals surface area contributed by atoms with E-state index in [2.05, 4.69) is 11.8 Å². The molecule has 0 radical (unpaired) electrons. The van der Waals surface area contributed by atoms with E-state index < -0.39 is 5.97 Å². The molecule has 1 aromatic carbocycles. The molecule has 0 atom stereocenters. The molecular formula is C15H17FO2. The van der Waals surface area contributed by atoms with Crippen LogP contribution in [0.25, 0.3) is 0 Å². The second-order valence-electron chi connectivity index (χ2n) is 4.09. The Labute approximate surface area is 107 Å². The Balaban J connectivity index is 2.15. The molecule has 0 fully saturated rings. The summed E-state index contributed by atoms with van der Waals surface area (Å²) in [5.41, 5.74) is 0.434. The van der Waals surface area contributed by atoms with Crippen molar-refractivity contribution in [2.75, 3.05) is 0 Å². The van der Waals surface area contributed by atoms with Crippen molar-refractivity contribution in [3.63, 3.8) is 0 Å². The van der Waals surface area contributed by atoms with Gasteiger partial charge >= 0.3 is 5.97 Å². The largest absolute Gasteiger partial charge is 0.481 e. The van der Waals surface area contributed by atoms with E-state index in [4.69, 9.17) is 5.11 Å². The lowest BCUT2D eigenvalue weighted by atomic mass is 10.1. The Hall–Kier alpha value is -1.82. The maximum atomic E-state index is 13.2. The minimum absolute atomic E-state index is 0.237. The summed E-state index contributed by atoms with van der Waals surface area (Å²) in [6, 6.07) is 6.47. The van der Waals surface area contributed by atoms with Crippen LogP contribution in [0.1, 0.15) is 44.1 Å². The highest BCUT2D eigenvalue weighted by atomic mass is 19.1. The van der Waals surface area contributed by atoms with Gasteiger partial charge in [-0.25, -0.2) is 4.39 Å². The summed E-state index contributed by atoms with van der Waals surface area (Å²) in [6.45, 7) is 0. The predicted molar refractivity (Wildman–Crippen MR) is 68.6 cm³/mol. The van der Waals surface area contributed by atoms with E-state index in [-0.39, 0.29) is 12.2 Å². The van der Waals surface area contributed by atoms with E-state index >= 15 is 0 Å². The first kappa shape index (κ1) is 14.2. The van der Waals surface area contributed by atoms with Crippen LogP contribution in [0.2, 0.25) is 0 Å². The zero-order valence-electron chi connectivity index (χ0n) is 10.3. The molecule has 0 aliphatic carbocycles. The van der Waals surface area contributed by atoms with Crippen LogP contribution in [0.4, 0.5) is 4.39 Å². The highest BCUT2D eigenvalue weighted by Crippen LogP contribution is 2.06. The van der Waals surface area contributed by atoms with Crippen LogP contribution >= 0.6 is 0 Å². The Morgan fingerprint density at radius 2 is 1.89 bits per heavy atom. The normalized spacial score (nSPS) is 9.61. The highest BCUT2D eigenvalue weighted by Gasteiger charge is 1.96. The average molecular weight is 248 g/mol. The van der Waals surface area contributed by atoms with Crippen molar-refractivity contribution >= 4 is 5.97 Å². The van der Waals surface area contributed by atoms with Crippen molar-refractivity contribution in [3.05, 3.63) is 35.6 Å². The fraction of sp³-hybridized carbons (Fsp3) is 0.400. The molecule has 0 aromatic heterocycles. The van der Waals surface area contributed by atoms with Crippen LogP contribution in [-0.2, 0) is 4.79 Å². The summed E-state index contributed by atoms with van der Waals surface area (Å²) < 4.78 is 13.2. The van der Waals surface area contributed by atoms with E-state index in [1.807, 2.05) is 0 Å². The maximum Gasteiger partial charge on any atom is 0.303 e. The van der Waals surface area contributed by atoms with E-state index in [0.29, 0.717) is 5.56 Å². The molecule has 1 rings (SSSR count). The van der Waals surface area contributed by atoms with Crippen LogP contribution < -0.4 is 0 Å². The fourth-order valence-electron chi connectivity index (χ4n) is 1.56. The average Bonchev–Trinajstić information content (AvgIpc) is 2.34. The molecule has 1 N–H and O–H groups in total. The smallest absolute Gasteiger partial charge is 0.303 e. The first-order chi connectivity index (χ1) is 8.70. The molecule has 3 heteroatoms. The molecular weight excluding hydrogens is 231 g/mol. The van der Waals surface area contributed by atoms with Crippen LogP contribution in [0.15, 0.2) is 24.3 Å². The van der Waals surface area contributed by atoms with Gasteiger partial charge in [0.1, 0.15) is 5.82 Å². The molecule has 0 aliphatic heterocycles. The van der Waals surface area contributed by atoms with Gasteiger partial charge in [-0.2, -0.15) is 0 Å². The summed E-state index contributed by atoms with van der Waals surface area (Å²) in [6.07, 6.45) is 4.49. The first-order valence-corrected chi connectivity index (χ1v) is 6.15.